The van der Waals surface area contributed by atoms with Gasteiger partial charge in [0.2, 0.25) is 0 Å². The van der Waals surface area contributed by atoms with E-state index in [1.165, 1.54) is 12.7 Å². The van der Waals surface area contributed by atoms with Crippen molar-refractivity contribution in [2.45, 2.75) is 13.5 Å². The third-order valence-corrected chi connectivity index (χ3v) is 5.02. The lowest BCUT2D eigenvalue weighted by Gasteiger charge is -2.11. The van der Waals surface area contributed by atoms with Gasteiger partial charge in [-0.15, -0.1) is 4.68 Å². The van der Waals surface area contributed by atoms with Crippen molar-refractivity contribution < 1.29 is 14.2 Å². The fourth-order valence-electron chi connectivity index (χ4n) is 3.45. The van der Waals surface area contributed by atoms with Gasteiger partial charge in [-0.3, -0.25) is 5.73 Å². The SMILES string of the molecule is COC(=O)c1ccccc1C[n+]1nc(-c2ccc(C)cc2)c2ccccc2c1N. The molecule has 0 saturated carbocycles. The molecule has 0 amide bonds. The highest BCUT2D eigenvalue weighted by atomic mass is 16.5. The van der Waals surface area contributed by atoms with Gasteiger partial charge in [0.05, 0.1) is 18.1 Å². The first-order valence-corrected chi connectivity index (χ1v) is 9.40. The standard InChI is InChI=1S/C24H21N3O2/c1-16-11-13-17(14-12-16)22-20-9-5-6-10-21(20)23(25)27(26-22)15-18-7-3-4-8-19(18)24(28)29-2/h3-14,25H,15H2,1-2H3/p+1. The molecule has 5 nitrogen and oxygen atoms in total. The van der Waals surface area contributed by atoms with Crippen molar-refractivity contribution in [3.05, 3.63) is 89.5 Å². The zero-order valence-corrected chi connectivity index (χ0v) is 16.4. The van der Waals surface area contributed by atoms with Crippen molar-refractivity contribution in [1.82, 2.24) is 5.10 Å². The van der Waals surface area contributed by atoms with Crippen LogP contribution < -0.4 is 10.4 Å². The summed E-state index contributed by atoms with van der Waals surface area (Å²) in [7, 11) is 1.38. The van der Waals surface area contributed by atoms with Crippen LogP contribution >= 0.6 is 0 Å². The lowest BCUT2D eigenvalue weighted by Crippen LogP contribution is -2.42. The van der Waals surface area contributed by atoms with Crippen LogP contribution in [0.2, 0.25) is 0 Å². The molecule has 3 aromatic carbocycles. The average molecular weight is 384 g/mol. The van der Waals surface area contributed by atoms with E-state index in [1.54, 1.807) is 10.7 Å². The lowest BCUT2D eigenvalue weighted by atomic mass is 10.0. The number of anilines is 1. The van der Waals surface area contributed by atoms with E-state index in [2.05, 4.69) is 31.2 Å². The van der Waals surface area contributed by atoms with E-state index < -0.39 is 0 Å². The second kappa shape index (κ2) is 7.72. The van der Waals surface area contributed by atoms with Gasteiger partial charge >= 0.3 is 11.8 Å². The number of hydrogen-bond donors (Lipinski definition) is 1. The third-order valence-electron chi connectivity index (χ3n) is 5.02. The molecule has 1 heterocycles. The Balaban J connectivity index is 1.89. The predicted molar refractivity (Wildman–Crippen MR) is 113 cm³/mol. The molecule has 2 N–H and O–H groups in total. The molecule has 1 aromatic heterocycles. The summed E-state index contributed by atoms with van der Waals surface area (Å²) in [6, 6.07) is 23.6. The van der Waals surface area contributed by atoms with Gasteiger partial charge in [0.25, 0.3) is 0 Å². The monoisotopic (exact) mass is 384 g/mol. The Morgan fingerprint density at radius 3 is 2.34 bits per heavy atom. The van der Waals surface area contributed by atoms with Crippen molar-refractivity contribution in [3.63, 3.8) is 0 Å². The highest BCUT2D eigenvalue weighted by Crippen LogP contribution is 2.28. The van der Waals surface area contributed by atoms with Crippen LogP contribution in [-0.2, 0) is 11.3 Å². The summed E-state index contributed by atoms with van der Waals surface area (Å²) >= 11 is 0. The first kappa shape index (κ1) is 18.6. The number of benzene rings is 3. The third kappa shape index (κ3) is 3.55. The summed E-state index contributed by atoms with van der Waals surface area (Å²) in [6.07, 6.45) is 0. The molecule has 0 spiro atoms. The normalized spacial score (nSPS) is 10.8. The van der Waals surface area contributed by atoms with Crippen molar-refractivity contribution in [3.8, 4) is 11.3 Å². The minimum absolute atomic E-state index is 0.362. The van der Waals surface area contributed by atoms with E-state index in [9.17, 15) is 4.79 Å². The van der Waals surface area contributed by atoms with Crippen LogP contribution in [0.5, 0.6) is 0 Å². The molecule has 0 fully saturated rings. The summed E-state index contributed by atoms with van der Waals surface area (Å²) < 4.78 is 6.67. The van der Waals surface area contributed by atoms with E-state index in [1.807, 2.05) is 42.5 Å². The molecule has 0 aliphatic heterocycles. The highest BCUT2D eigenvalue weighted by Gasteiger charge is 2.20. The molecule has 0 radical (unpaired) electrons. The maximum Gasteiger partial charge on any atom is 0.338 e. The molecule has 144 valence electrons. The van der Waals surface area contributed by atoms with Gasteiger partial charge in [0, 0.05) is 16.5 Å². The van der Waals surface area contributed by atoms with Crippen LogP contribution in [0.25, 0.3) is 22.0 Å². The molecule has 0 saturated heterocycles. The van der Waals surface area contributed by atoms with Crippen LogP contribution in [0.3, 0.4) is 0 Å². The second-order valence-corrected chi connectivity index (χ2v) is 6.95. The number of nitrogens with zero attached hydrogens (tertiary/aromatic N) is 2. The first-order chi connectivity index (χ1) is 14.1. The van der Waals surface area contributed by atoms with Gasteiger partial charge in [-0.2, -0.15) is 0 Å². The number of carbonyl (C=O) groups is 1. The number of rotatable bonds is 4. The molecule has 0 aliphatic carbocycles. The Kier molecular flexibility index (Phi) is 4.96. The molecular formula is C24H22N3O2+. The number of esters is 1. The van der Waals surface area contributed by atoms with E-state index in [0.29, 0.717) is 17.9 Å². The van der Waals surface area contributed by atoms with Crippen molar-refractivity contribution in [2.75, 3.05) is 12.8 Å². The molecule has 29 heavy (non-hydrogen) atoms. The minimum Gasteiger partial charge on any atom is -0.465 e. The van der Waals surface area contributed by atoms with Crippen LogP contribution in [0.15, 0.2) is 72.8 Å². The number of aromatic nitrogens is 2. The van der Waals surface area contributed by atoms with Gasteiger partial charge in [0.15, 0.2) is 0 Å². The number of aryl methyl sites for hydroxylation is 1. The largest absolute Gasteiger partial charge is 0.465 e. The van der Waals surface area contributed by atoms with Crippen LogP contribution in [0, 0.1) is 6.92 Å². The van der Waals surface area contributed by atoms with Gasteiger partial charge in [-0.25, -0.2) is 4.79 Å². The van der Waals surface area contributed by atoms with E-state index >= 15 is 0 Å². The zero-order valence-electron chi connectivity index (χ0n) is 16.4. The van der Waals surface area contributed by atoms with E-state index in [4.69, 9.17) is 15.6 Å². The average Bonchev–Trinajstić information content (AvgIpc) is 2.76. The molecule has 0 atom stereocenters. The number of ether oxygens (including phenoxy) is 1. The Labute approximate surface area is 169 Å². The predicted octanol–water partition coefficient (Wildman–Crippen LogP) is 3.91. The molecule has 4 rings (SSSR count). The van der Waals surface area contributed by atoms with Gasteiger partial charge < -0.3 is 4.74 Å². The lowest BCUT2D eigenvalue weighted by molar-refractivity contribution is -0.730. The number of nitrogen functional groups attached to an aromatic ring is 1. The fourth-order valence-corrected chi connectivity index (χ4v) is 3.45. The van der Waals surface area contributed by atoms with E-state index in [0.717, 1.165) is 27.6 Å². The topological polar surface area (TPSA) is 69.1 Å². The van der Waals surface area contributed by atoms with Gasteiger partial charge in [0.1, 0.15) is 12.2 Å². The summed E-state index contributed by atoms with van der Waals surface area (Å²) in [5.74, 6) is 0.176. The fraction of sp³-hybridized carbons (Fsp3) is 0.125. The van der Waals surface area contributed by atoms with Crippen molar-refractivity contribution >= 4 is 22.6 Å². The number of carbonyl (C=O) groups excluding carboxylic acids is 1. The van der Waals surface area contributed by atoms with Gasteiger partial charge in [-0.1, -0.05) is 71.3 Å². The molecule has 0 unspecified atom stereocenters. The second-order valence-electron chi connectivity index (χ2n) is 6.95. The maximum absolute atomic E-state index is 12.2. The Morgan fingerprint density at radius 2 is 1.62 bits per heavy atom. The molecular weight excluding hydrogens is 362 g/mol. The number of nitrogens with two attached hydrogens (primary N) is 1. The quantitative estimate of drug-likeness (QED) is 0.428. The smallest absolute Gasteiger partial charge is 0.338 e. The summed E-state index contributed by atoms with van der Waals surface area (Å²) in [5.41, 5.74) is 10.8. The van der Waals surface area contributed by atoms with Crippen molar-refractivity contribution in [1.29, 1.82) is 0 Å². The highest BCUT2D eigenvalue weighted by molar-refractivity contribution is 5.98. The number of fused-ring (bicyclic) bond motifs is 1. The number of methoxy groups -OCH3 is 1. The minimum atomic E-state index is -0.376. The Hall–Kier alpha value is -3.73. The molecule has 4 aromatic rings. The van der Waals surface area contributed by atoms with E-state index in [-0.39, 0.29) is 5.97 Å². The van der Waals surface area contributed by atoms with Crippen LogP contribution in [0.4, 0.5) is 5.82 Å². The maximum atomic E-state index is 12.2. The van der Waals surface area contributed by atoms with Crippen molar-refractivity contribution in [2.24, 2.45) is 0 Å². The Bertz CT molecular complexity index is 1200. The van der Waals surface area contributed by atoms with Gasteiger partial charge in [-0.05, 0) is 19.1 Å². The molecule has 0 bridgehead atoms. The summed E-state index contributed by atoms with van der Waals surface area (Å²) in [5, 5.41) is 6.78. The summed E-state index contributed by atoms with van der Waals surface area (Å²) in [4.78, 5) is 12.2. The van der Waals surface area contributed by atoms with Crippen LogP contribution in [0.1, 0.15) is 21.5 Å². The summed E-state index contributed by atoms with van der Waals surface area (Å²) in [6.45, 7) is 2.42. The number of hydrogen-bond acceptors (Lipinski definition) is 4. The molecule has 5 heteroatoms. The first-order valence-electron chi connectivity index (χ1n) is 9.40. The zero-order chi connectivity index (χ0) is 20.4. The van der Waals surface area contributed by atoms with Crippen LogP contribution in [-0.4, -0.2) is 18.2 Å². The molecule has 0 aliphatic rings. The Morgan fingerprint density at radius 1 is 0.966 bits per heavy atom.